The third-order valence-electron chi connectivity index (χ3n) is 3.43. The van der Waals surface area contributed by atoms with Crippen molar-refractivity contribution in [1.82, 2.24) is 5.32 Å². The lowest BCUT2D eigenvalue weighted by atomic mass is 10.0. The Morgan fingerprint density at radius 1 is 1.52 bits per heavy atom. The van der Waals surface area contributed by atoms with Gasteiger partial charge in [0.15, 0.2) is 0 Å². The van der Waals surface area contributed by atoms with Crippen LogP contribution < -0.4 is 10.6 Å². The molecule has 2 N–H and O–H groups in total. The van der Waals surface area contributed by atoms with Crippen LogP contribution in [0.25, 0.3) is 0 Å². The highest BCUT2D eigenvalue weighted by molar-refractivity contribution is 6.33. The lowest BCUT2D eigenvalue weighted by Crippen LogP contribution is -2.41. The fraction of sp³-hybridized carbons (Fsp3) is 0.467. The van der Waals surface area contributed by atoms with E-state index >= 15 is 0 Å². The van der Waals surface area contributed by atoms with Crippen LogP contribution in [-0.2, 0) is 9.53 Å². The smallest absolute Gasteiger partial charge is 0.231 e. The highest BCUT2D eigenvalue weighted by Crippen LogP contribution is 2.24. The molecule has 2 atom stereocenters. The Morgan fingerprint density at radius 2 is 2.33 bits per heavy atom. The fourth-order valence-corrected chi connectivity index (χ4v) is 2.42. The van der Waals surface area contributed by atoms with E-state index in [1.165, 1.54) is 0 Å². The molecule has 112 valence electrons. The van der Waals surface area contributed by atoms with Gasteiger partial charge in [0, 0.05) is 6.04 Å². The van der Waals surface area contributed by atoms with Gasteiger partial charge >= 0.3 is 0 Å². The molecule has 21 heavy (non-hydrogen) atoms. The average molecular weight is 308 g/mol. The van der Waals surface area contributed by atoms with Gasteiger partial charge in [0.1, 0.15) is 0 Å². The molecule has 1 aliphatic heterocycles. The van der Waals surface area contributed by atoms with E-state index in [-0.39, 0.29) is 17.9 Å². The Morgan fingerprint density at radius 3 is 3.05 bits per heavy atom. The predicted octanol–water partition coefficient (Wildman–Crippen LogP) is 2.16. The topological polar surface area (TPSA) is 74.2 Å². The molecule has 1 aromatic rings. The predicted molar refractivity (Wildman–Crippen MR) is 81.2 cm³/mol. The summed E-state index contributed by atoms with van der Waals surface area (Å²) in [5, 5.41) is 15.4. The SMILES string of the molecule is CCCNC1COCC1C(=O)Nc1cc(C#N)ccc1Cl. The van der Waals surface area contributed by atoms with Crippen LogP contribution in [0.15, 0.2) is 18.2 Å². The molecule has 0 aliphatic carbocycles. The van der Waals surface area contributed by atoms with Gasteiger partial charge in [0.25, 0.3) is 0 Å². The molecule has 0 radical (unpaired) electrons. The van der Waals surface area contributed by atoms with E-state index in [9.17, 15) is 4.79 Å². The maximum Gasteiger partial charge on any atom is 0.231 e. The molecular formula is C15H18ClN3O2. The van der Waals surface area contributed by atoms with Crippen molar-refractivity contribution >= 4 is 23.2 Å². The van der Waals surface area contributed by atoms with Crippen LogP contribution in [0.2, 0.25) is 5.02 Å². The highest BCUT2D eigenvalue weighted by Gasteiger charge is 2.33. The number of rotatable bonds is 5. The zero-order chi connectivity index (χ0) is 15.2. The highest BCUT2D eigenvalue weighted by atomic mass is 35.5. The Labute approximate surface area is 129 Å². The third-order valence-corrected chi connectivity index (χ3v) is 3.76. The number of benzene rings is 1. The second-order valence-corrected chi connectivity index (χ2v) is 5.41. The number of nitriles is 1. The molecule has 0 bridgehead atoms. The van der Waals surface area contributed by atoms with Crippen LogP contribution >= 0.6 is 11.6 Å². The summed E-state index contributed by atoms with van der Waals surface area (Å²) in [6.45, 7) is 3.85. The largest absolute Gasteiger partial charge is 0.379 e. The quantitative estimate of drug-likeness (QED) is 0.874. The van der Waals surface area contributed by atoms with Crippen LogP contribution in [-0.4, -0.2) is 31.7 Å². The summed E-state index contributed by atoms with van der Waals surface area (Å²) in [4.78, 5) is 12.4. The molecule has 0 saturated carbocycles. The maximum absolute atomic E-state index is 12.4. The molecular weight excluding hydrogens is 290 g/mol. The average Bonchev–Trinajstić information content (AvgIpc) is 2.95. The number of carbonyl (C=O) groups is 1. The van der Waals surface area contributed by atoms with Crippen molar-refractivity contribution in [1.29, 1.82) is 5.26 Å². The molecule has 5 nitrogen and oxygen atoms in total. The molecule has 1 fully saturated rings. The van der Waals surface area contributed by atoms with E-state index < -0.39 is 0 Å². The standard InChI is InChI=1S/C15H18ClN3O2/c1-2-5-18-14-9-21-8-11(14)15(20)19-13-6-10(7-17)3-4-12(13)16/h3-4,6,11,14,18H,2,5,8-9H2,1H3,(H,19,20). The minimum absolute atomic E-state index is 0.0166. The van der Waals surface area contributed by atoms with Crippen LogP contribution in [0.1, 0.15) is 18.9 Å². The van der Waals surface area contributed by atoms with Gasteiger partial charge in [-0.25, -0.2) is 0 Å². The van der Waals surface area contributed by atoms with E-state index in [0.717, 1.165) is 13.0 Å². The van der Waals surface area contributed by atoms with E-state index in [1.54, 1.807) is 18.2 Å². The second kappa shape index (κ2) is 7.41. The number of ether oxygens (including phenoxy) is 1. The molecule has 1 aliphatic rings. The Balaban J connectivity index is 2.05. The number of halogens is 1. The van der Waals surface area contributed by atoms with Crippen molar-refractivity contribution in [3.63, 3.8) is 0 Å². The summed E-state index contributed by atoms with van der Waals surface area (Å²) in [5.41, 5.74) is 0.917. The van der Waals surface area contributed by atoms with E-state index in [1.807, 2.05) is 6.07 Å². The van der Waals surface area contributed by atoms with Gasteiger partial charge in [-0.2, -0.15) is 5.26 Å². The van der Waals surface area contributed by atoms with Gasteiger partial charge in [-0.05, 0) is 31.2 Å². The summed E-state index contributed by atoms with van der Waals surface area (Å²) in [6.07, 6.45) is 1.00. The summed E-state index contributed by atoms with van der Waals surface area (Å²) in [6, 6.07) is 6.84. The van der Waals surface area contributed by atoms with Crippen molar-refractivity contribution in [2.75, 3.05) is 25.1 Å². The first kappa shape index (κ1) is 15.8. The number of carbonyl (C=O) groups excluding carboxylic acids is 1. The van der Waals surface area contributed by atoms with E-state index in [0.29, 0.717) is 29.5 Å². The third kappa shape index (κ3) is 3.94. The zero-order valence-corrected chi connectivity index (χ0v) is 12.6. The van der Waals surface area contributed by atoms with Crippen LogP contribution in [0.5, 0.6) is 0 Å². The number of hydrogen-bond acceptors (Lipinski definition) is 4. The lowest BCUT2D eigenvalue weighted by molar-refractivity contribution is -0.120. The number of amides is 1. The molecule has 0 aromatic heterocycles. The van der Waals surface area contributed by atoms with Crippen LogP contribution in [0.4, 0.5) is 5.69 Å². The van der Waals surface area contributed by atoms with Crippen molar-refractivity contribution in [3.05, 3.63) is 28.8 Å². The fourth-order valence-electron chi connectivity index (χ4n) is 2.26. The van der Waals surface area contributed by atoms with Crippen LogP contribution in [0, 0.1) is 17.2 Å². The molecule has 1 saturated heterocycles. The molecule has 0 spiro atoms. The van der Waals surface area contributed by atoms with Crippen molar-refractivity contribution in [3.8, 4) is 6.07 Å². The molecule has 2 unspecified atom stereocenters. The van der Waals surface area contributed by atoms with Gasteiger partial charge < -0.3 is 15.4 Å². The summed E-state index contributed by atoms with van der Waals surface area (Å²) in [7, 11) is 0. The summed E-state index contributed by atoms with van der Waals surface area (Å²) < 4.78 is 5.39. The van der Waals surface area contributed by atoms with Crippen molar-refractivity contribution < 1.29 is 9.53 Å². The number of hydrogen-bond donors (Lipinski definition) is 2. The summed E-state index contributed by atoms with van der Waals surface area (Å²) >= 11 is 6.05. The first-order valence-corrected chi connectivity index (χ1v) is 7.35. The molecule has 2 rings (SSSR count). The minimum Gasteiger partial charge on any atom is -0.379 e. The molecule has 1 heterocycles. The Hall–Kier alpha value is -1.61. The molecule has 6 heteroatoms. The van der Waals surface area contributed by atoms with E-state index in [2.05, 4.69) is 17.6 Å². The number of anilines is 1. The van der Waals surface area contributed by atoms with Gasteiger partial charge in [-0.3, -0.25) is 4.79 Å². The van der Waals surface area contributed by atoms with Crippen LogP contribution in [0.3, 0.4) is 0 Å². The van der Waals surface area contributed by atoms with Crippen molar-refractivity contribution in [2.45, 2.75) is 19.4 Å². The first-order valence-electron chi connectivity index (χ1n) is 6.97. The van der Waals surface area contributed by atoms with Gasteiger partial charge in [-0.15, -0.1) is 0 Å². The monoisotopic (exact) mass is 307 g/mol. The van der Waals surface area contributed by atoms with Crippen molar-refractivity contribution in [2.24, 2.45) is 5.92 Å². The summed E-state index contributed by atoms with van der Waals surface area (Å²) in [5.74, 6) is -0.392. The lowest BCUT2D eigenvalue weighted by Gasteiger charge is -2.18. The zero-order valence-electron chi connectivity index (χ0n) is 11.9. The first-order chi connectivity index (χ1) is 10.2. The number of nitrogens with one attached hydrogen (secondary N) is 2. The second-order valence-electron chi connectivity index (χ2n) is 5.00. The van der Waals surface area contributed by atoms with Gasteiger partial charge in [0.2, 0.25) is 5.91 Å². The molecule has 1 amide bonds. The van der Waals surface area contributed by atoms with E-state index in [4.69, 9.17) is 21.6 Å². The Kier molecular flexibility index (Phi) is 5.57. The maximum atomic E-state index is 12.4. The van der Waals surface area contributed by atoms with Gasteiger partial charge in [0.05, 0.1) is 41.5 Å². The molecule has 1 aromatic carbocycles. The van der Waals surface area contributed by atoms with Gasteiger partial charge in [-0.1, -0.05) is 18.5 Å². The number of nitrogens with zero attached hydrogens (tertiary/aromatic N) is 1. The minimum atomic E-state index is -0.252. The normalized spacial score (nSPS) is 21.0. The Bertz CT molecular complexity index is 556.